The average Bonchev–Trinajstić information content (AvgIpc) is 3.40. The number of hydrogen-bond acceptors (Lipinski definition) is 5. The molecule has 0 spiro atoms. The zero-order chi connectivity index (χ0) is 26.5. The number of carbonyl (C=O) groups excluding carboxylic acids is 3. The summed E-state index contributed by atoms with van der Waals surface area (Å²) in [7, 11) is 0. The summed E-state index contributed by atoms with van der Waals surface area (Å²) in [5.41, 5.74) is 4.80. The van der Waals surface area contributed by atoms with Gasteiger partial charge in [-0.15, -0.1) is 11.3 Å². The van der Waals surface area contributed by atoms with Crippen LogP contribution in [0.1, 0.15) is 71.2 Å². The van der Waals surface area contributed by atoms with Gasteiger partial charge in [-0.2, -0.15) is 0 Å². The van der Waals surface area contributed by atoms with E-state index in [1.54, 1.807) is 24.3 Å². The fourth-order valence-electron chi connectivity index (χ4n) is 4.87. The first kappa shape index (κ1) is 25.8. The van der Waals surface area contributed by atoms with Crippen LogP contribution in [-0.4, -0.2) is 30.4 Å². The fourth-order valence-corrected chi connectivity index (χ4v) is 5.67. The molecule has 0 atom stereocenters. The van der Waals surface area contributed by atoms with Crippen LogP contribution in [0.4, 0.5) is 5.69 Å². The zero-order valence-electron chi connectivity index (χ0n) is 21.6. The molecule has 1 saturated heterocycles. The van der Waals surface area contributed by atoms with Gasteiger partial charge in [-0.3, -0.25) is 14.4 Å². The van der Waals surface area contributed by atoms with Crippen molar-refractivity contribution in [3.05, 3.63) is 123 Å². The third kappa shape index (κ3) is 6.17. The summed E-state index contributed by atoms with van der Waals surface area (Å²) in [6, 6.07) is 26.2. The maximum atomic E-state index is 13.0. The Balaban J connectivity index is 1.17. The highest BCUT2D eigenvalue weighted by atomic mass is 32.1. The van der Waals surface area contributed by atoms with E-state index in [1.807, 2.05) is 67.6 Å². The summed E-state index contributed by atoms with van der Waals surface area (Å²) >= 11 is 1.50. The van der Waals surface area contributed by atoms with Crippen molar-refractivity contribution in [1.29, 1.82) is 0 Å². The van der Waals surface area contributed by atoms with Crippen LogP contribution < -0.4 is 4.90 Å². The third-order valence-corrected chi connectivity index (χ3v) is 8.13. The molecule has 3 aromatic carbocycles. The minimum absolute atomic E-state index is 0.0668. The largest absolute Gasteiger partial charge is 0.372 e. The first-order chi connectivity index (χ1) is 18.5. The molecule has 2 heterocycles. The standard InChI is InChI=1S/C33H31NO3S/c1-23-5-18-32(38-23)31(36)22-25-8-12-28(13-9-25)33(37)27-10-6-24(7-11-27)21-30(35)26-14-16-29(17-15-26)34-19-3-2-4-20-34/h5-18H,2-4,19-22H2,1H3. The van der Waals surface area contributed by atoms with Gasteiger partial charge in [0.05, 0.1) is 4.88 Å². The molecule has 0 radical (unpaired) electrons. The molecule has 0 N–H and O–H groups in total. The van der Waals surface area contributed by atoms with Crippen molar-refractivity contribution in [1.82, 2.24) is 0 Å². The van der Waals surface area contributed by atoms with E-state index in [-0.39, 0.29) is 17.3 Å². The molecule has 1 aliphatic rings. The van der Waals surface area contributed by atoms with Gasteiger partial charge in [-0.1, -0.05) is 48.5 Å². The molecule has 192 valence electrons. The molecule has 0 saturated carbocycles. The molecule has 0 bridgehead atoms. The number of ketones is 3. The molecule has 4 aromatic rings. The highest BCUT2D eigenvalue weighted by Crippen LogP contribution is 2.22. The van der Waals surface area contributed by atoms with Crippen molar-refractivity contribution in [3.8, 4) is 0 Å². The summed E-state index contributed by atoms with van der Waals surface area (Å²) in [6.45, 7) is 4.15. The van der Waals surface area contributed by atoms with Gasteiger partial charge < -0.3 is 4.90 Å². The molecule has 0 aliphatic carbocycles. The molecule has 0 unspecified atom stereocenters. The van der Waals surface area contributed by atoms with Gasteiger partial charge in [0.1, 0.15) is 0 Å². The maximum absolute atomic E-state index is 13.0. The van der Waals surface area contributed by atoms with Crippen molar-refractivity contribution < 1.29 is 14.4 Å². The second kappa shape index (κ2) is 11.7. The molecule has 0 amide bonds. The fraction of sp³-hybridized carbons (Fsp3) is 0.242. The van der Waals surface area contributed by atoms with Crippen LogP contribution in [-0.2, 0) is 12.8 Å². The number of rotatable bonds is 9. The lowest BCUT2D eigenvalue weighted by atomic mass is 9.97. The van der Waals surface area contributed by atoms with Crippen LogP contribution in [0.5, 0.6) is 0 Å². The van der Waals surface area contributed by atoms with Crippen LogP contribution in [0, 0.1) is 6.92 Å². The number of aryl methyl sites for hydroxylation is 1. The number of hydrogen-bond donors (Lipinski definition) is 0. The van der Waals surface area contributed by atoms with Crippen molar-refractivity contribution in [2.45, 2.75) is 39.0 Å². The number of benzene rings is 3. The Morgan fingerprint density at radius 2 is 1.16 bits per heavy atom. The molecule has 38 heavy (non-hydrogen) atoms. The van der Waals surface area contributed by atoms with Gasteiger partial charge in [0.25, 0.3) is 0 Å². The van der Waals surface area contributed by atoms with Crippen molar-refractivity contribution >= 4 is 34.4 Å². The summed E-state index contributed by atoms with van der Waals surface area (Å²) in [6.07, 6.45) is 4.35. The minimum Gasteiger partial charge on any atom is -0.372 e. The number of carbonyl (C=O) groups is 3. The highest BCUT2D eigenvalue weighted by molar-refractivity contribution is 7.14. The lowest BCUT2D eigenvalue weighted by molar-refractivity contribution is 0.0986. The van der Waals surface area contributed by atoms with Gasteiger partial charge in [-0.05, 0) is 73.7 Å². The summed E-state index contributed by atoms with van der Waals surface area (Å²) < 4.78 is 0. The van der Waals surface area contributed by atoms with Gasteiger partial charge in [0.2, 0.25) is 0 Å². The van der Waals surface area contributed by atoms with Crippen molar-refractivity contribution in [2.24, 2.45) is 0 Å². The zero-order valence-corrected chi connectivity index (χ0v) is 22.4. The lowest BCUT2D eigenvalue weighted by Crippen LogP contribution is -2.29. The maximum Gasteiger partial charge on any atom is 0.193 e. The smallest absolute Gasteiger partial charge is 0.193 e. The molecule has 1 fully saturated rings. The first-order valence-electron chi connectivity index (χ1n) is 13.2. The average molecular weight is 522 g/mol. The van der Waals surface area contributed by atoms with Gasteiger partial charge >= 0.3 is 0 Å². The van der Waals surface area contributed by atoms with E-state index >= 15 is 0 Å². The Hall–Kier alpha value is -3.83. The van der Waals surface area contributed by atoms with Crippen molar-refractivity contribution in [2.75, 3.05) is 18.0 Å². The Labute approximate surface area is 227 Å². The number of Topliss-reactive ketones (excluding diaryl/α,β-unsaturated/α-hetero) is 2. The molecule has 5 rings (SSSR count). The monoisotopic (exact) mass is 521 g/mol. The second-order valence-electron chi connectivity index (χ2n) is 9.93. The van der Waals surface area contributed by atoms with E-state index in [1.165, 1.54) is 36.3 Å². The van der Waals surface area contributed by atoms with Gasteiger partial charge in [0.15, 0.2) is 17.3 Å². The molecule has 1 aromatic heterocycles. The topological polar surface area (TPSA) is 54.5 Å². The predicted molar refractivity (Wildman–Crippen MR) is 154 cm³/mol. The number of thiophene rings is 1. The van der Waals surface area contributed by atoms with E-state index < -0.39 is 0 Å². The van der Waals surface area contributed by atoms with E-state index in [2.05, 4.69) is 4.90 Å². The Morgan fingerprint density at radius 3 is 1.68 bits per heavy atom. The summed E-state index contributed by atoms with van der Waals surface area (Å²) in [5, 5.41) is 0. The molecular weight excluding hydrogens is 490 g/mol. The Morgan fingerprint density at radius 1 is 0.632 bits per heavy atom. The van der Waals surface area contributed by atoms with E-state index in [4.69, 9.17) is 0 Å². The molecule has 4 nitrogen and oxygen atoms in total. The lowest BCUT2D eigenvalue weighted by Gasteiger charge is -2.28. The Bertz CT molecular complexity index is 1430. The van der Waals surface area contributed by atoms with Gasteiger partial charge in [0, 0.05) is 53.2 Å². The second-order valence-corrected chi connectivity index (χ2v) is 11.2. The van der Waals surface area contributed by atoms with Crippen LogP contribution in [0.15, 0.2) is 84.9 Å². The van der Waals surface area contributed by atoms with E-state index in [0.717, 1.165) is 34.0 Å². The van der Waals surface area contributed by atoms with E-state index in [9.17, 15) is 14.4 Å². The van der Waals surface area contributed by atoms with Crippen LogP contribution >= 0.6 is 11.3 Å². The SMILES string of the molecule is Cc1ccc(C(=O)Cc2ccc(C(=O)c3ccc(CC(=O)c4ccc(N5CCCCC5)cc4)cc3)cc2)s1. The number of nitrogens with zero attached hydrogens (tertiary/aromatic N) is 1. The molecular formula is C33H31NO3S. The van der Waals surface area contributed by atoms with Crippen LogP contribution in [0.25, 0.3) is 0 Å². The van der Waals surface area contributed by atoms with Gasteiger partial charge in [-0.25, -0.2) is 0 Å². The quantitative estimate of drug-likeness (QED) is 0.220. The third-order valence-electron chi connectivity index (χ3n) is 7.09. The predicted octanol–water partition coefficient (Wildman–Crippen LogP) is 7.13. The number of piperidine rings is 1. The number of anilines is 1. The molecule has 1 aliphatic heterocycles. The van der Waals surface area contributed by atoms with Crippen LogP contribution in [0.2, 0.25) is 0 Å². The van der Waals surface area contributed by atoms with Crippen molar-refractivity contribution in [3.63, 3.8) is 0 Å². The normalized spacial score (nSPS) is 13.3. The Kier molecular flexibility index (Phi) is 7.94. The molecule has 5 heteroatoms. The summed E-state index contributed by atoms with van der Waals surface area (Å²) in [4.78, 5) is 42.5. The first-order valence-corrected chi connectivity index (χ1v) is 14.0. The van der Waals surface area contributed by atoms with E-state index in [0.29, 0.717) is 29.5 Å². The van der Waals surface area contributed by atoms with Crippen LogP contribution in [0.3, 0.4) is 0 Å². The minimum atomic E-state index is -0.0806. The summed E-state index contributed by atoms with van der Waals surface area (Å²) in [5.74, 6) is 0.0744. The highest BCUT2D eigenvalue weighted by Gasteiger charge is 2.14.